The molecule has 1 atom stereocenters. The molecule has 0 spiro atoms. The molecule has 0 saturated carbocycles. The molecule has 1 unspecified atom stereocenters. The average molecular weight is 249 g/mol. The fourth-order valence-electron chi connectivity index (χ4n) is 2.33. The van der Waals surface area contributed by atoms with Crippen LogP contribution in [-0.4, -0.2) is 26.4 Å². The smallest absolute Gasteiger partial charge is 0.127 e. The molecule has 100 valence electrons. The number of para-hydroxylation sites is 1. The number of ether oxygens (including phenoxy) is 2. The van der Waals surface area contributed by atoms with Crippen molar-refractivity contribution in [2.24, 2.45) is 0 Å². The maximum absolute atomic E-state index is 5.77. The largest absolute Gasteiger partial charge is 0.493 e. The Morgan fingerprint density at radius 3 is 3.06 bits per heavy atom. The molecule has 1 aromatic carbocycles. The van der Waals surface area contributed by atoms with E-state index in [0.717, 1.165) is 38.3 Å². The number of fused-ring (bicyclic) bond motifs is 1. The molecule has 1 N–H and O–H groups in total. The van der Waals surface area contributed by atoms with Gasteiger partial charge in [-0.25, -0.2) is 0 Å². The van der Waals surface area contributed by atoms with Crippen LogP contribution in [0.2, 0.25) is 0 Å². The van der Waals surface area contributed by atoms with Crippen molar-refractivity contribution in [2.75, 3.05) is 26.4 Å². The third kappa shape index (κ3) is 3.03. The summed E-state index contributed by atoms with van der Waals surface area (Å²) >= 11 is 0. The number of hydrogen-bond donors (Lipinski definition) is 1. The van der Waals surface area contributed by atoms with Crippen LogP contribution in [0.5, 0.6) is 5.75 Å². The van der Waals surface area contributed by atoms with Crippen LogP contribution in [0, 0.1) is 0 Å². The quantitative estimate of drug-likeness (QED) is 0.806. The predicted molar refractivity (Wildman–Crippen MR) is 73.2 cm³/mol. The van der Waals surface area contributed by atoms with E-state index in [1.165, 1.54) is 11.1 Å². The van der Waals surface area contributed by atoms with Gasteiger partial charge in [-0.3, -0.25) is 0 Å². The molecule has 0 amide bonds. The van der Waals surface area contributed by atoms with Crippen LogP contribution in [0.15, 0.2) is 18.2 Å². The molecule has 18 heavy (non-hydrogen) atoms. The van der Waals surface area contributed by atoms with E-state index in [9.17, 15) is 0 Å². The summed E-state index contributed by atoms with van der Waals surface area (Å²) in [5.41, 5.74) is 2.57. The summed E-state index contributed by atoms with van der Waals surface area (Å²) in [6.45, 7) is 7.47. The summed E-state index contributed by atoms with van der Waals surface area (Å²) in [5.74, 6) is 1.07. The Hall–Kier alpha value is -1.06. The second-order valence-electron chi connectivity index (χ2n) is 4.60. The Morgan fingerprint density at radius 1 is 1.39 bits per heavy atom. The van der Waals surface area contributed by atoms with Crippen molar-refractivity contribution in [1.29, 1.82) is 0 Å². The van der Waals surface area contributed by atoms with Crippen LogP contribution < -0.4 is 10.1 Å². The standard InChI is InChI=1S/C15H23NO2/c1-3-9-16-14(11-17-4-2)13-7-5-6-12-8-10-18-15(12)13/h5-7,14,16H,3-4,8-11H2,1-2H3. The van der Waals surface area contributed by atoms with Gasteiger partial charge in [-0.05, 0) is 25.5 Å². The van der Waals surface area contributed by atoms with Crippen molar-refractivity contribution >= 4 is 0 Å². The van der Waals surface area contributed by atoms with E-state index >= 15 is 0 Å². The van der Waals surface area contributed by atoms with Crippen molar-refractivity contribution in [3.63, 3.8) is 0 Å². The van der Waals surface area contributed by atoms with Gasteiger partial charge >= 0.3 is 0 Å². The van der Waals surface area contributed by atoms with Gasteiger partial charge in [0, 0.05) is 18.6 Å². The van der Waals surface area contributed by atoms with Gasteiger partial charge in [0.25, 0.3) is 0 Å². The van der Waals surface area contributed by atoms with Gasteiger partial charge in [0.2, 0.25) is 0 Å². The minimum atomic E-state index is 0.234. The molecule has 0 fully saturated rings. The Bertz CT molecular complexity index is 371. The number of hydrogen-bond acceptors (Lipinski definition) is 3. The second kappa shape index (κ2) is 6.76. The van der Waals surface area contributed by atoms with Crippen molar-refractivity contribution in [3.05, 3.63) is 29.3 Å². The van der Waals surface area contributed by atoms with Gasteiger partial charge in [-0.2, -0.15) is 0 Å². The Labute approximate surface area is 109 Å². The monoisotopic (exact) mass is 249 g/mol. The van der Waals surface area contributed by atoms with Gasteiger partial charge in [0.15, 0.2) is 0 Å². The maximum Gasteiger partial charge on any atom is 0.127 e. The zero-order valence-electron chi connectivity index (χ0n) is 11.4. The van der Waals surface area contributed by atoms with Crippen LogP contribution in [0.3, 0.4) is 0 Å². The highest BCUT2D eigenvalue weighted by Crippen LogP contribution is 2.33. The molecule has 1 aliphatic heterocycles. The normalized spacial score (nSPS) is 15.2. The first-order valence-corrected chi connectivity index (χ1v) is 6.92. The van der Waals surface area contributed by atoms with Gasteiger partial charge in [0.1, 0.15) is 5.75 Å². The molecule has 0 aliphatic carbocycles. The van der Waals surface area contributed by atoms with E-state index in [2.05, 4.69) is 30.4 Å². The second-order valence-corrected chi connectivity index (χ2v) is 4.60. The van der Waals surface area contributed by atoms with Gasteiger partial charge in [0.05, 0.1) is 19.3 Å². The fraction of sp³-hybridized carbons (Fsp3) is 0.600. The van der Waals surface area contributed by atoms with Gasteiger partial charge in [-0.15, -0.1) is 0 Å². The number of rotatable bonds is 7. The van der Waals surface area contributed by atoms with Crippen LogP contribution >= 0.6 is 0 Å². The zero-order chi connectivity index (χ0) is 12.8. The molecule has 0 saturated heterocycles. The lowest BCUT2D eigenvalue weighted by Gasteiger charge is -2.21. The van der Waals surface area contributed by atoms with E-state index < -0.39 is 0 Å². The first-order chi connectivity index (χ1) is 8.86. The molecule has 3 heteroatoms. The Kier molecular flexibility index (Phi) is 5.02. The Balaban J connectivity index is 2.16. The summed E-state index contributed by atoms with van der Waals surface area (Å²) in [4.78, 5) is 0. The fourth-order valence-corrected chi connectivity index (χ4v) is 2.33. The predicted octanol–water partition coefficient (Wildman–Crippen LogP) is 2.70. The van der Waals surface area contributed by atoms with E-state index in [0.29, 0.717) is 6.61 Å². The SMILES string of the molecule is CCCNC(COCC)c1cccc2c1OCC2. The summed E-state index contributed by atoms with van der Waals surface area (Å²) < 4.78 is 11.4. The molecule has 2 rings (SSSR count). The summed E-state index contributed by atoms with van der Waals surface area (Å²) in [6.07, 6.45) is 2.15. The lowest BCUT2D eigenvalue weighted by molar-refractivity contribution is 0.122. The first kappa shape index (κ1) is 13.4. The topological polar surface area (TPSA) is 30.5 Å². The number of nitrogens with one attached hydrogen (secondary N) is 1. The zero-order valence-corrected chi connectivity index (χ0v) is 11.4. The third-order valence-corrected chi connectivity index (χ3v) is 3.25. The number of benzene rings is 1. The van der Waals surface area contributed by atoms with E-state index in [1.807, 2.05) is 6.92 Å². The molecular formula is C15H23NO2. The van der Waals surface area contributed by atoms with Crippen LogP contribution in [0.4, 0.5) is 0 Å². The average Bonchev–Trinajstić information content (AvgIpc) is 2.87. The maximum atomic E-state index is 5.77. The minimum Gasteiger partial charge on any atom is -0.493 e. The van der Waals surface area contributed by atoms with Crippen LogP contribution in [0.25, 0.3) is 0 Å². The highest BCUT2D eigenvalue weighted by molar-refractivity contribution is 5.45. The van der Waals surface area contributed by atoms with Crippen molar-refractivity contribution in [2.45, 2.75) is 32.7 Å². The molecule has 1 aromatic rings. The molecule has 0 aromatic heterocycles. The highest BCUT2D eigenvalue weighted by Gasteiger charge is 2.21. The molecule has 0 bridgehead atoms. The minimum absolute atomic E-state index is 0.234. The molecule has 1 heterocycles. The van der Waals surface area contributed by atoms with E-state index in [4.69, 9.17) is 9.47 Å². The third-order valence-electron chi connectivity index (χ3n) is 3.25. The molecular weight excluding hydrogens is 226 g/mol. The van der Waals surface area contributed by atoms with Crippen molar-refractivity contribution < 1.29 is 9.47 Å². The Morgan fingerprint density at radius 2 is 2.28 bits per heavy atom. The highest BCUT2D eigenvalue weighted by atomic mass is 16.5. The van der Waals surface area contributed by atoms with Gasteiger partial charge < -0.3 is 14.8 Å². The molecule has 0 radical (unpaired) electrons. The van der Waals surface area contributed by atoms with E-state index in [-0.39, 0.29) is 6.04 Å². The van der Waals surface area contributed by atoms with Crippen molar-refractivity contribution in [3.8, 4) is 5.75 Å². The summed E-state index contributed by atoms with van der Waals surface area (Å²) in [5, 5.41) is 3.55. The van der Waals surface area contributed by atoms with Crippen LogP contribution in [-0.2, 0) is 11.2 Å². The lowest BCUT2D eigenvalue weighted by Crippen LogP contribution is -2.26. The van der Waals surface area contributed by atoms with Crippen LogP contribution in [0.1, 0.15) is 37.4 Å². The molecule has 1 aliphatic rings. The van der Waals surface area contributed by atoms with Gasteiger partial charge in [-0.1, -0.05) is 25.1 Å². The molecule has 3 nitrogen and oxygen atoms in total. The van der Waals surface area contributed by atoms with Crippen molar-refractivity contribution in [1.82, 2.24) is 5.32 Å². The van der Waals surface area contributed by atoms with E-state index in [1.54, 1.807) is 0 Å². The first-order valence-electron chi connectivity index (χ1n) is 6.92. The summed E-state index contributed by atoms with van der Waals surface area (Å²) in [7, 11) is 0. The summed E-state index contributed by atoms with van der Waals surface area (Å²) in [6, 6.07) is 6.66. The lowest BCUT2D eigenvalue weighted by atomic mass is 10.0.